The van der Waals surface area contributed by atoms with Crippen molar-refractivity contribution >= 4 is 22.4 Å². The Morgan fingerprint density at radius 3 is 2.93 bits per heavy atom. The molecule has 1 N–H and O–H groups in total. The maximum absolute atomic E-state index is 11.9. The molecular weight excluding hydrogens is 230 g/mol. The van der Waals surface area contributed by atoms with Crippen LogP contribution in [0.15, 0.2) is 23.1 Å². The minimum Gasteiger partial charge on any atom is -0.306 e. The molecule has 1 heterocycles. The first-order chi connectivity index (χ1) is 7.25. The lowest BCUT2D eigenvalue weighted by Crippen LogP contribution is -2.23. The highest BCUT2D eigenvalue weighted by atomic mass is 35.5. The third kappa shape index (κ3) is 1.73. The van der Waals surface area contributed by atoms with E-state index in [4.69, 9.17) is 11.6 Å². The lowest BCUT2D eigenvalue weighted by atomic mass is 10.1. The van der Waals surface area contributed by atoms with E-state index in [2.05, 4.69) is 5.32 Å². The van der Waals surface area contributed by atoms with E-state index in [0.29, 0.717) is 16.8 Å². The van der Waals surface area contributed by atoms with E-state index in [1.165, 1.54) is 12.8 Å². The summed E-state index contributed by atoms with van der Waals surface area (Å²) in [6.07, 6.45) is 2.50. The Kier molecular flexibility index (Phi) is 2.34. The highest BCUT2D eigenvalue weighted by Crippen LogP contribution is 2.37. The summed E-state index contributed by atoms with van der Waals surface area (Å²) in [5.74, 6) is 0.676. The summed E-state index contributed by atoms with van der Waals surface area (Å²) in [7, 11) is -0.923. The van der Waals surface area contributed by atoms with Gasteiger partial charge in [0.1, 0.15) is 0 Å². The van der Waals surface area contributed by atoms with E-state index in [9.17, 15) is 4.21 Å². The first kappa shape index (κ1) is 9.82. The molecule has 0 radical (unpaired) electrons. The molecule has 3 rings (SSSR count). The van der Waals surface area contributed by atoms with Crippen molar-refractivity contribution in [1.82, 2.24) is 5.32 Å². The minimum absolute atomic E-state index is 0.243. The number of rotatable bonds is 2. The Morgan fingerprint density at radius 1 is 1.40 bits per heavy atom. The van der Waals surface area contributed by atoms with Crippen molar-refractivity contribution in [2.24, 2.45) is 0 Å². The second-order valence-corrected chi connectivity index (χ2v) is 6.00. The third-order valence-corrected chi connectivity index (χ3v) is 4.91. The summed E-state index contributed by atoms with van der Waals surface area (Å²) in [5.41, 5.74) is 1.13. The van der Waals surface area contributed by atoms with Crippen molar-refractivity contribution in [1.29, 1.82) is 0 Å². The number of hydrogen-bond acceptors (Lipinski definition) is 2. The number of halogens is 1. The molecule has 2 aliphatic rings. The van der Waals surface area contributed by atoms with E-state index < -0.39 is 10.8 Å². The van der Waals surface area contributed by atoms with Crippen molar-refractivity contribution in [3.8, 4) is 0 Å². The monoisotopic (exact) mass is 241 g/mol. The molecule has 1 saturated carbocycles. The molecule has 15 heavy (non-hydrogen) atoms. The zero-order chi connectivity index (χ0) is 10.4. The second kappa shape index (κ2) is 3.58. The van der Waals surface area contributed by atoms with Gasteiger partial charge in [0.15, 0.2) is 0 Å². The molecule has 2 atom stereocenters. The summed E-state index contributed by atoms with van der Waals surface area (Å²) < 4.78 is 11.9. The summed E-state index contributed by atoms with van der Waals surface area (Å²) in [4.78, 5) is 0.845. The molecule has 2 unspecified atom stereocenters. The van der Waals surface area contributed by atoms with Crippen LogP contribution in [0.3, 0.4) is 0 Å². The molecule has 4 heteroatoms. The van der Waals surface area contributed by atoms with Gasteiger partial charge in [0.05, 0.1) is 20.7 Å². The Bertz CT molecular complexity index is 431. The van der Waals surface area contributed by atoms with Gasteiger partial charge in [-0.3, -0.25) is 4.21 Å². The van der Waals surface area contributed by atoms with Gasteiger partial charge in [-0.05, 0) is 24.5 Å². The molecule has 1 aliphatic heterocycles. The topological polar surface area (TPSA) is 29.1 Å². The van der Waals surface area contributed by atoms with Crippen molar-refractivity contribution < 1.29 is 4.21 Å². The molecule has 0 amide bonds. The largest absolute Gasteiger partial charge is 0.306 e. The zero-order valence-corrected chi connectivity index (χ0v) is 9.77. The zero-order valence-electron chi connectivity index (χ0n) is 8.20. The molecule has 80 valence electrons. The highest BCUT2D eigenvalue weighted by molar-refractivity contribution is 7.85. The van der Waals surface area contributed by atoms with Gasteiger partial charge in [0.2, 0.25) is 0 Å². The Labute approximate surface area is 96.5 Å². The predicted molar refractivity (Wildman–Crippen MR) is 61.6 cm³/mol. The molecule has 1 aromatic rings. The van der Waals surface area contributed by atoms with Gasteiger partial charge >= 0.3 is 0 Å². The first-order valence-corrected chi connectivity index (χ1v) is 6.88. The van der Waals surface area contributed by atoms with Crippen LogP contribution in [0.5, 0.6) is 0 Å². The quantitative estimate of drug-likeness (QED) is 0.861. The SMILES string of the molecule is O=S1CC(NC2CC2)c2cccc(Cl)c21. The van der Waals surface area contributed by atoms with Gasteiger partial charge in [-0.1, -0.05) is 23.7 Å². The molecular formula is C11H12ClNOS. The predicted octanol–water partition coefficient (Wildman–Crippen LogP) is 2.25. The Hall–Kier alpha value is -0.380. The summed E-state index contributed by atoms with van der Waals surface area (Å²) in [6, 6.07) is 6.67. The van der Waals surface area contributed by atoms with Crippen LogP contribution in [0.2, 0.25) is 5.02 Å². The van der Waals surface area contributed by atoms with Crippen molar-refractivity contribution in [2.75, 3.05) is 5.75 Å². The molecule has 0 aromatic heterocycles. The fourth-order valence-corrected chi connectivity index (χ4v) is 3.98. The Morgan fingerprint density at radius 2 is 2.20 bits per heavy atom. The van der Waals surface area contributed by atoms with Crippen LogP contribution in [0.4, 0.5) is 0 Å². The van der Waals surface area contributed by atoms with Gasteiger partial charge in [-0.25, -0.2) is 0 Å². The van der Waals surface area contributed by atoms with Crippen LogP contribution in [0, 0.1) is 0 Å². The van der Waals surface area contributed by atoms with Gasteiger partial charge in [0.25, 0.3) is 0 Å². The van der Waals surface area contributed by atoms with E-state index in [0.717, 1.165) is 10.5 Å². The number of fused-ring (bicyclic) bond motifs is 1. The summed E-state index contributed by atoms with van der Waals surface area (Å²) in [6.45, 7) is 0. The fourth-order valence-electron chi connectivity index (χ4n) is 2.04. The molecule has 2 nitrogen and oxygen atoms in total. The van der Waals surface area contributed by atoms with Crippen molar-refractivity contribution in [2.45, 2.75) is 29.8 Å². The maximum atomic E-state index is 11.9. The van der Waals surface area contributed by atoms with E-state index >= 15 is 0 Å². The van der Waals surface area contributed by atoms with E-state index in [1.807, 2.05) is 18.2 Å². The van der Waals surface area contributed by atoms with Crippen LogP contribution in [-0.2, 0) is 10.8 Å². The molecule has 1 aliphatic carbocycles. The average molecular weight is 242 g/mol. The second-order valence-electron chi connectivity index (χ2n) is 4.16. The minimum atomic E-state index is -0.923. The Balaban J connectivity index is 1.97. The highest BCUT2D eigenvalue weighted by Gasteiger charge is 2.33. The molecule has 0 bridgehead atoms. The number of nitrogens with one attached hydrogen (secondary N) is 1. The third-order valence-electron chi connectivity index (χ3n) is 2.93. The summed E-state index contributed by atoms with van der Waals surface area (Å²) in [5, 5.41) is 4.16. The van der Waals surface area contributed by atoms with Crippen molar-refractivity contribution in [3.05, 3.63) is 28.8 Å². The van der Waals surface area contributed by atoms with Gasteiger partial charge in [0, 0.05) is 17.8 Å². The maximum Gasteiger partial charge on any atom is 0.0623 e. The lowest BCUT2D eigenvalue weighted by Gasteiger charge is -2.11. The standard InChI is InChI=1S/C11H12ClNOS/c12-9-3-1-2-8-10(13-7-4-5-7)6-15(14)11(8)9/h1-3,7,10,13H,4-6H2. The van der Waals surface area contributed by atoms with Crippen LogP contribution in [0.25, 0.3) is 0 Å². The van der Waals surface area contributed by atoms with E-state index in [-0.39, 0.29) is 6.04 Å². The first-order valence-electron chi connectivity index (χ1n) is 5.18. The average Bonchev–Trinajstić information content (AvgIpc) is 2.94. The van der Waals surface area contributed by atoms with Crippen molar-refractivity contribution in [3.63, 3.8) is 0 Å². The molecule has 1 aromatic carbocycles. The van der Waals surface area contributed by atoms with Gasteiger partial charge in [-0.2, -0.15) is 0 Å². The normalized spacial score (nSPS) is 29.1. The van der Waals surface area contributed by atoms with E-state index in [1.54, 1.807) is 0 Å². The number of hydrogen-bond donors (Lipinski definition) is 1. The molecule has 0 spiro atoms. The smallest absolute Gasteiger partial charge is 0.0623 e. The van der Waals surface area contributed by atoms with Crippen LogP contribution >= 0.6 is 11.6 Å². The molecule has 0 saturated heterocycles. The van der Waals surface area contributed by atoms with Crippen LogP contribution in [0.1, 0.15) is 24.4 Å². The summed E-state index contributed by atoms with van der Waals surface area (Å²) >= 11 is 6.06. The fraction of sp³-hybridized carbons (Fsp3) is 0.455. The number of benzene rings is 1. The van der Waals surface area contributed by atoms with Crippen LogP contribution < -0.4 is 5.32 Å². The molecule has 1 fully saturated rings. The van der Waals surface area contributed by atoms with Crippen LogP contribution in [-0.4, -0.2) is 16.0 Å². The van der Waals surface area contributed by atoms with Gasteiger partial charge in [-0.15, -0.1) is 0 Å². The lowest BCUT2D eigenvalue weighted by molar-refractivity contribution is 0.577. The van der Waals surface area contributed by atoms with Gasteiger partial charge < -0.3 is 5.32 Å².